The van der Waals surface area contributed by atoms with Gasteiger partial charge in [-0.05, 0) is 36.6 Å². The number of aromatic nitrogens is 1. The van der Waals surface area contributed by atoms with Crippen molar-refractivity contribution in [2.75, 3.05) is 11.6 Å². The monoisotopic (exact) mass is 402 g/mol. The Morgan fingerprint density at radius 2 is 1.93 bits per heavy atom. The third kappa shape index (κ3) is 4.40. The summed E-state index contributed by atoms with van der Waals surface area (Å²) in [6.07, 6.45) is 3.32. The summed E-state index contributed by atoms with van der Waals surface area (Å²) in [7, 11) is 0. The zero-order chi connectivity index (χ0) is 19.4. The van der Waals surface area contributed by atoms with E-state index in [0.717, 1.165) is 4.90 Å². The highest BCUT2D eigenvalue weighted by molar-refractivity contribution is 7.98. The summed E-state index contributed by atoms with van der Waals surface area (Å²) in [4.78, 5) is 25.7. The van der Waals surface area contributed by atoms with Gasteiger partial charge in [-0.2, -0.15) is 0 Å². The van der Waals surface area contributed by atoms with Crippen LogP contribution in [0.4, 0.5) is 10.1 Å². The van der Waals surface area contributed by atoms with Gasteiger partial charge < -0.3 is 9.88 Å². The lowest BCUT2D eigenvalue weighted by molar-refractivity contribution is 0.102. The van der Waals surface area contributed by atoms with Crippen molar-refractivity contribution in [1.29, 1.82) is 0 Å². The minimum Gasteiger partial charge on any atom is -0.321 e. The maximum absolute atomic E-state index is 14.0. The molecule has 0 unspecified atom stereocenters. The molecule has 1 aromatic heterocycles. The Bertz CT molecular complexity index is 1030. The van der Waals surface area contributed by atoms with E-state index in [0.29, 0.717) is 5.69 Å². The smallest absolute Gasteiger partial charge is 0.257 e. The first-order chi connectivity index (χ1) is 13.0. The average Bonchev–Trinajstić information content (AvgIpc) is 2.66. The number of nitrogens with one attached hydrogen (secondary N) is 1. The van der Waals surface area contributed by atoms with Gasteiger partial charge >= 0.3 is 0 Å². The van der Waals surface area contributed by atoms with Crippen LogP contribution in [0.5, 0.6) is 0 Å². The van der Waals surface area contributed by atoms with Crippen LogP contribution >= 0.6 is 23.4 Å². The van der Waals surface area contributed by atoms with Crippen LogP contribution < -0.4 is 10.9 Å². The Labute approximate surface area is 165 Å². The van der Waals surface area contributed by atoms with Gasteiger partial charge in [0.2, 0.25) is 0 Å². The summed E-state index contributed by atoms with van der Waals surface area (Å²) < 4.78 is 15.3. The average molecular weight is 403 g/mol. The van der Waals surface area contributed by atoms with Crippen molar-refractivity contribution in [3.05, 3.63) is 93.1 Å². The summed E-state index contributed by atoms with van der Waals surface area (Å²) in [6, 6.07) is 14.5. The Hall–Kier alpha value is -2.57. The zero-order valence-corrected chi connectivity index (χ0v) is 16.0. The van der Waals surface area contributed by atoms with E-state index in [1.54, 1.807) is 12.1 Å². The van der Waals surface area contributed by atoms with Crippen LogP contribution in [0.1, 0.15) is 15.9 Å². The van der Waals surface area contributed by atoms with Crippen molar-refractivity contribution in [2.24, 2.45) is 0 Å². The van der Waals surface area contributed by atoms with E-state index in [9.17, 15) is 14.0 Å². The van der Waals surface area contributed by atoms with Crippen LogP contribution in [0.3, 0.4) is 0 Å². The number of hydrogen-bond donors (Lipinski definition) is 1. The first kappa shape index (κ1) is 19.2. The highest BCUT2D eigenvalue weighted by Crippen LogP contribution is 2.25. The Morgan fingerprint density at radius 1 is 1.15 bits per heavy atom. The summed E-state index contributed by atoms with van der Waals surface area (Å²) in [6.45, 7) is -0.0626. The molecule has 2 aromatic carbocycles. The summed E-state index contributed by atoms with van der Waals surface area (Å²) in [5.41, 5.74) is 0.824. The van der Waals surface area contributed by atoms with Crippen LogP contribution in [0.25, 0.3) is 0 Å². The lowest BCUT2D eigenvalue weighted by Crippen LogP contribution is -2.23. The van der Waals surface area contributed by atoms with E-state index in [4.69, 9.17) is 11.6 Å². The second kappa shape index (κ2) is 8.41. The molecule has 0 saturated carbocycles. The zero-order valence-electron chi connectivity index (χ0n) is 14.4. The number of pyridine rings is 1. The van der Waals surface area contributed by atoms with Gasteiger partial charge in [-0.1, -0.05) is 29.8 Å². The molecule has 1 amide bonds. The van der Waals surface area contributed by atoms with Crippen LogP contribution in [0.15, 0.2) is 70.5 Å². The predicted molar refractivity (Wildman–Crippen MR) is 107 cm³/mol. The maximum Gasteiger partial charge on any atom is 0.257 e. The molecule has 3 aromatic rings. The molecular weight excluding hydrogens is 387 g/mol. The van der Waals surface area contributed by atoms with Crippen molar-refractivity contribution in [2.45, 2.75) is 11.4 Å². The summed E-state index contributed by atoms with van der Waals surface area (Å²) >= 11 is 7.55. The quantitative estimate of drug-likeness (QED) is 0.631. The number of hydrogen-bond acceptors (Lipinski definition) is 3. The Balaban J connectivity index is 1.89. The molecule has 0 aliphatic carbocycles. The van der Waals surface area contributed by atoms with Crippen molar-refractivity contribution in [3.8, 4) is 0 Å². The van der Waals surface area contributed by atoms with Crippen molar-refractivity contribution < 1.29 is 9.18 Å². The second-order valence-corrected chi connectivity index (χ2v) is 6.99. The molecule has 0 spiro atoms. The lowest BCUT2D eigenvalue weighted by Gasteiger charge is -2.12. The van der Waals surface area contributed by atoms with Crippen LogP contribution in [0.2, 0.25) is 5.02 Å². The van der Waals surface area contributed by atoms with E-state index >= 15 is 0 Å². The van der Waals surface area contributed by atoms with Crippen molar-refractivity contribution in [1.82, 2.24) is 4.57 Å². The first-order valence-electron chi connectivity index (χ1n) is 8.07. The van der Waals surface area contributed by atoms with E-state index in [-0.39, 0.29) is 34.2 Å². The van der Waals surface area contributed by atoms with Gasteiger partial charge in [-0.3, -0.25) is 9.59 Å². The highest BCUT2D eigenvalue weighted by Gasteiger charge is 2.13. The Morgan fingerprint density at radius 3 is 2.67 bits per heavy atom. The number of rotatable bonds is 5. The molecule has 7 heteroatoms. The molecule has 0 radical (unpaired) electrons. The van der Waals surface area contributed by atoms with Crippen molar-refractivity contribution in [3.63, 3.8) is 0 Å². The topological polar surface area (TPSA) is 51.1 Å². The fraction of sp³-hybridized carbons (Fsp3) is 0.100. The molecular formula is C20H16ClFN2O2S. The molecule has 0 saturated heterocycles. The summed E-state index contributed by atoms with van der Waals surface area (Å²) in [5, 5.41) is 3.06. The predicted octanol–water partition coefficient (Wildman–Crippen LogP) is 4.66. The van der Waals surface area contributed by atoms with Gasteiger partial charge in [0, 0.05) is 27.7 Å². The lowest BCUT2D eigenvalue weighted by atomic mass is 10.2. The number of carbonyl (C=O) groups is 1. The van der Waals surface area contributed by atoms with Gasteiger partial charge in [0.25, 0.3) is 11.5 Å². The maximum atomic E-state index is 14.0. The Kier molecular flexibility index (Phi) is 5.98. The van der Waals surface area contributed by atoms with Crippen molar-refractivity contribution >= 4 is 35.0 Å². The van der Waals surface area contributed by atoms with Crippen LogP contribution in [-0.4, -0.2) is 16.7 Å². The molecule has 1 heterocycles. The number of thioether (sulfide) groups is 1. The molecule has 1 N–H and O–H groups in total. The van der Waals surface area contributed by atoms with Crippen LogP contribution in [0, 0.1) is 5.82 Å². The molecule has 0 aliphatic heterocycles. The molecule has 138 valence electrons. The normalized spacial score (nSPS) is 10.6. The minimum atomic E-state index is -0.502. The largest absolute Gasteiger partial charge is 0.321 e. The number of nitrogens with zero attached hydrogens (tertiary/aromatic N) is 1. The van der Waals surface area contributed by atoms with Gasteiger partial charge in [0.05, 0.1) is 17.8 Å². The standard InChI is InChI=1S/C20H16ClFN2O2S/c1-27-18-8-3-2-7-17(18)23-20(26)13-9-10-19(25)24(11-13)12-14-15(21)5-4-6-16(14)22/h2-11H,12H2,1H3,(H,23,26). The van der Waals surface area contributed by atoms with E-state index in [1.807, 2.05) is 24.5 Å². The minimum absolute atomic E-state index is 0.0626. The molecule has 4 nitrogen and oxygen atoms in total. The highest BCUT2D eigenvalue weighted by atomic mass is 35.5. The van der Waals surface area contributed by atoms with Crippen LogP contribution in [-0.2, 0) is 6.54 Å². The number of carbonyl (C=O) groups excluding carboxylic acids is 1. The molecule has 3 rings (SSSR count). The van der Waals surface area contributed by atoms with E-state index in [2.05, 4.69) is 5.32 Å². The number of amides is 1. The number of anilines is 1. The third-order valence-corrected chi connectivity index (χ3v) is 5.14. The molecule has 0 bridgehead atoms. The fourth-order valence-electron chi connectivity index (χ4n) is 2.59. The number of benzene rings is 2. The summed E-state index contributed by atoms with van der Waals surface area (Å²) in [5.74, 6) is -0.858. The van der Waals surface area contributed by atoms with Gasteiger partial charge in [-0.15, -0.1) is 11.8 Å². The number of para-hydroxylation sites is 1. The van der Waals surface area contributed by atoms with Gasteiger partial charge in [-0.25, -0.2) is 4.39 Å². The van der Waals surface area contributed by atoms with Gasteiger partial charge in [0.15, 0.2) is 0 Å². The van der Waals surface area contributed by atoms with E-state index in [1.165, 1.54) is 46.8 Å². The molecule has 0 fully saturated rings. The molecule has 27 heavy (non-hydrogen) atoms. The number of halogens is 2. The second-order valence-electron chi connectivity index (χ2n) is 5.74. The molecule has 0 atom stereocenters. The fourth-order valence-corrected chi connectivity index (χ4v) is 3.36. The van der Waals surface area contributed by atoms with Gasteiger partial charge in [0.1, 0.15) is 5.82 Å². The SMILES string of the molecule is CSc1ccccc1NC(=O)c1ccc(=O)n(Cc2c(F)cccc2Cl)c1. The first-order valence-corrected chi connectivity index (χ1v) is 9.67. The van der Waals surface area contributed by atoms with E-state index < -0.39 is 5.82 Å². The molecule has 0 aliphatic rings. The third-order valence-electron chi connectivity index (χ3n) is 3.99.